The van der Waals surface area contributed by atoms with Crippen molar-refractivity contribution in [1.29, 1.82) is 5.26 Å². The summed E-state index contributed by atoms with van der Waals surface area (Å²) in [7, 11) is 0. The highest BCUT2D eigenvalue weighted by atomic mass is 16.7. The van der Waals surface area contributed by atoms with Crippen LogP contribution in [0.4, 0.5) is 0 Å². The molecule has 0 aromatic heterocycles. The zero-order valence-corrected chi connectivity index (χ0v) is 13.8. The topological polar surface area (TPSA) is 112 Å². The zero-order valence-electron chi connectivity index (χ0n) is 13.8. The van der Waals surface area contributed by atoms with Crippen molar-refractivity contribution >= 4 is 0 Å². The van der Waals surface area contributed by atoms with E-state index in [0.29, 0.717) is 6.61 Å². The summed E-state index contributed by atoms with van der Waals surface area (Å²) in [5.74, 6) is 0. The summed E-state index contributed by atoms with van der Waals surface area (Å²) >= 11 is 0. The van der Waals surface area contributed by atoms with Crippen molar-refractivity contribution in [3.63, 3.8) is 0 Å². The molecule has 1 heterocycles. The fraction of sp³-hybridized carbons (Fsp3) is 0.938. The molecule has 134 valence electrons. The Bertz CT molecular complexity index is 348. The molecule has 5 atom stereocenters. The maximum Gasteiger partial charge on any atom is 0.186 e. The number of hydrogen-bond donors (Lipinski definition) is 3. The molecule has 7 heteroatoms. The molecule has 1 fully saturated rings. The van der Waals surface area contributed by atoms with E-state index in [4.69, 9.17) is 19.5 Å². The van der Waals surface area contributed by atoms with E-state index in [1.165, 1.54) is 19.3 Å². The van der Waals surface area contributed by atoms with Crippen LogP contribution in [0.2, 0.25) is 0 Å². The molecule has 1 rings (SSSR count). The molecule has 0 bridgehead atoms. The molecule has 1 aliphatic rings. The van der Waals surface area contributed by atoms with Gasteiger partial charge in [-0.3, -0.25) is 0 Å². The van der Waals surface area contributed by atoms with E-state index >= 15 is 0 Å². The van der Waals surface area contributed by atoms with Crippen LogP contribution in [0.1, 0.15) is 45.4 Å². The lowest BCUT2D eigenvalue weighted by Crippen LogP contribution is -2.60. The number of ether oxygens (including phenoxy) is 3. The predicted molar refractivity (Wildman–Crippen MR) is 82.4 cm³/mol. The summed E-state index contributed by atoms with van der Waals surface area (Å²) in [6.45, 7) is 1.91. The molecule has 0 spiro atoms. The van der Waals surface area contributed by atoms with Gasteiger partial charge in [0.25, 0.3) is 0 Å². The van der Waals surface area contributed by atoms with E-state index in [0.717, 1.165) is 19.3 Å². The Morgan fingerprint density at radius 2 is 1.74 bits per heavy atom. The summed E-state index contributed by atoms with van der Waals surface area (Å²) in [5, 5.41) is 38.0. The maximum absolute atomic E-state index is 10.2. The van der Waals surface area contributed by atoms with Crippen molar-refractivity contribution in [2.24, 2.45) is 0 Å². The van der Waals surface area contributed by atoms with Crippen LogP contribution in [-0.2, 0) is 14.2 Å². The molecule has 1 aliphatic heterocycles. The number of hydrogen-bond acceptors (Lipinski definition) is 7. The third-order valence-electron chi connectivity index (χ3n) is 3.94. The maximum atomic E-state index is 10.2. The molecule has 0 radical (unpaired) electrons. The normalized spacial score (nSPS) is 31.0. The van der Waals surface area contributed by atoms with Crippen LogP contribution in [0, 0.1) is 11.3 Å². The monoisotopic (exact) mass is 331 g/mol. The van der Waals surface area contributed by atoms with E-state index in [9.17, 15) is 15.3 Å². The number of nitriles is 1. The van der Waals surface area contributed by atoms with E-state index in [2.05, 4.69) is 6.92 Å². The van der Waals surface area contributed by atoms with Crippen molar-refractivity contribution in [2.45, 2.75) is 76.2 Å². The Labute approximate surface area is 137 Å². The fourth-order valence-corrected chi connectivity index (χ4v) is 2.60. The SMILES string of the molecule is CCCCCCCCO[C@@H]1O[C@H](CO)[C@H](O)[C@H](OCC#N)[C@H]1O. The minimum Gasteiger partial charge on any atom is -0.394 e. The lowest BCUT2D eigenvalue weighted by atomic mass is 9.99. The second kappa shape index (κ2) is 11.7. The number of unbranched alkanes of at least 4 members (excludes halogenated alkanes) is 5. The smallest absolute Gasteiger partial charge is 0.186 e. The first kappa shape index (κ1) is 20.3. The highest BCUT2D eigenvalue weighted by Gasteiger charge is 2.45. The summed E-state index contributed by atoms with van der Waals surface area (Å²) in [5.41, 5.74) is 0. The Hall–Kier alpha value is -0.750. The summed E-state index contributed by atoms with van der Waals surface area (Å²) in [6.07, 6.45) is 1.38. The standard InChI is InChI=1S/C16H29NO6/c1-2-3-4-5-6-7-9-22-16-14(20)15(21-10-8-17)13(19)12(11-18)23-16/h12-16,18-20H,2-7,9-11H2,1H3/t12-,13+,14-,15+,16-/m1/s1. The van der Waals surface area contributed by atoms with Crippen LogP contribution in [0.3, 0.4) is 0 Å². The van der Waals surface area contributed by atoms with Gasteiger partial charge in [0, 0.05) is 6.61 Å². The molecule has 3 N–H and O–H groups in total. The molecular formula is C16H29NO6. The number of nitrogens with zero attached hydrogens (tertiary/aromatic N) is 1. The Morgan fingerprint density at radius 1 is 1.04 bits per heavy atom. The van der Waals surface area contributed by atoms with Gasteiger partial charge < -0.3 is 29.5 Å². The zero-order chi connectivity index (χ0) is 17.1. The van der Waals surface area contributed by atoms with Gasteiger partial charge >= 0.3 is 0 Å². The molecule has 0 aromatic carbocycles. The van der Waals surface area contributed by atoms with Gasteiger partial charge in [-0.15, -0.1) is 0 Å². The van der Waals surface area contributed by atoms with Crippen molar-refractivity contribution < 1.29 is 29.5 Å². The molecular weight excluding hydrogens is 302 g/mol. The molecule has 0 saturated carbocycles. The van der Waals surface area contributed by atoms with Gasteiger partial charge in [-0.25, -0.2) is 0 Å². The van der Waals surface area contributed by atoms with E-state index in [1.807, 2.05) is 0 Å². The van der Waals surface area contributed by atoms with Gasteiger partial charge in [0.2, 0.25) is 0 Å². The first-order valence-corrected chi connectivity index (χ1v) is 8.38. The van der Waals surface area contributed by atoms with Gasteiger partial charge in [0.1, 0.15) is 31.0 Å². The fourth-order valence-electron chi connectivity index (χ4n) is 2.60. The van der Waals surface area contributed by atoms with Crippen molar-refractivity contribution in [2.75, 3.05) is 19.8 Å². The van der Waals surface area contributed by atoms with Crippen molar-refractivity contribution in [3.8, 4) is 6.07 Å². The molecule has 0 aliphatic carbocycles. The molecule has 0 aromatic rings. The average molecular weight is 331 g/mol. The lowest BCUT2D eigenvalue weighted by Gasteiger charge is -2.41. The lowest BCUT2D eigenvalue weighted by molar-refractivity contribution is -0.306. The minimum absolute atomic E-state index is 0.263. The Kier molecular flexibility index (Phi) is 10.4. The van der Waals surface area contributed by atoms with Crippen molar-refractivity contribution in [1.82, 2.24) is 0 Å². The molecule has 1 saturated heterocycles. The quantitative estimate of drug-likeness (QED) is 0.478. The largest absolute Gasteiger partial charge is 0.394 e. The van der Waals surface area contributed by atoms with E-state index < -0.39 is 37.3 Å². The number of aliphatic hydroxyl groups excluding tert-OH is 3. The molecule has 7 nitrogen and oxygen atoms in total. The van der Waals surface area contributed by atoms with E-state index in [-0.39, 0.29) is 6.61 Å². The molecule has 0 unspecified atom stereocenters. The summed E-state index contributed by atoms with van der Waals surface area (Å²) in [6, 6.07) is 1.79. The third kappa shape index (κ3) is 6.71. The second-order valence-corrected chi connectivity index (χ2v) is 5.78. The van der Waals surface area contributed by atoms with Gasteiger partial charge in [0.05, 0.1) is 12.7 Å². The number of aliphatic hydroxyl groups is 3. The highest BCUT2D eigenvalue weighted by molar-refractivity contribution is 4.91. The predicted octanol–water partition coefficient (Wildman–Crippen LogP) is 0.711. The molecule has 23 heavy (non-hydrogen) atoms. The minimum atomic E-state index is -1.21. The summed E-state index contributed by atoms with van der Waals surface area (Å²) < 4.78 is 16.1. The van der Waals surface area contributed by atoms with Crippen LogP contribution in [0.5, 0.6) is 0 Å². The first-order chi connectivity index (χ1) is 11.2. The Balaban J connectivity index is 2.39. The van der Waals surface area contributed by atoms with Crippen LogP contribution >= 0.6 is 0 Å². The van der Waals surface area contributed by atoms with Gasteiger partial charge in [-0.2, -0.15) is 5.26 Å². The van der Waals surface area contributed by atoms with Crippen LogP contribution in [0.15, 0.2) is 0 Å². The third-order valence-corrected chi connectivity index (χ3v) is 3.94. The van der Waals surface area contributed by atoms with Crippen molar-refractivity contribution in [3.05, 3.63) is 0 Å². The summed E-state index contributed by atoms with van der Waals surface area (Å²) in [4.78, 5) is 0. The highest BCUT2D eigenvalue weighted by Crippen LogP contribution is 2.24. The van der Waals surface area contributed by atoms with Crippen LogP contribution in [-0.4, -0.2) is 65.8 Å². The number of rotatable bonds is 11. The second-order valence-electron chi connectivity index (χ2n) is 5.78. The van der Waals surface area contributed by atoms with Crippen LogP contribution in [0.25, 0.3) is 0 Å². The van der Waals surface area contributed by atoms with Gasteiger partial charge in [0.15, 0.2) is 6.29 Å². The van der Waals surface area contributed by atoms with Gasteiger partial charge in [-0.05, 0) is 6.42 Å². The van der Waals surface area contributed by atoms with E-state index in [1.54, 1.807) is 6.07 Å². The van der Waals surface area contributed by atoms with Crippen LogP contribution < -0.4 is 0 Å². The Morgan fingerprint density at radius 3 is 2.39 bits per heavy atom. The first-order valence-electron chi connectivity index (χ1n) is 8.38. The molecule has 0 amide bonds. The van der Waals surface area contributed by atoms with Gasteiger partial charge in [-0.1, -0.05) is 39.0 Å². The average Bonchev–Trinajstić information content (AvgIpc) is 2.55.